The van der Waals surface area contributed by atoms with Crippen molar-refractivity contribution in [3.63, 3.8) is 0 Å². The lowest BCUT2D eigenvalue weighted by atomic mass is 10.3. The maximum atomic E-state index is 10.2. The van der Waals surface area contributed by atoms with E-state index in [1.165, 1.54) is 4.68 Å². The summed E-state index contributed by atoms with van der Waals surface area (Å²) in [5, 5.41) is 12.5. The van der Waals surface area contributed by atoms with Crippen molar-refractivity contribution < 1.29 is 14.6 Å². The SMILES string of the molecule is Cc1nn(C)c(OCC(=O)O)c1C. The van der Waals surface area contributed by atoms with Gasteiger partial charge in [-0.1, -0.05) is 0 Å². The molecule has 1 N–H and O–H groups in total. The number of aromatic nitrogens is 2. The molecule has 1 aromatic heterocycles. The number of carbonyl (C=O) groups is 1. The van der Waals surface area contributed by atoms with E-state index in [4.69, 9.17) is 9.84 Å². The molecular formula is C8H12N2O3. The van der Waals surface area contributed by atoms with Gasteiger partial charge in [0.05, 0.1) is 5.69 Å². The van der Waals surface area contributed by atoms with Crippen LogP contribution in [0.2, 0.25) is 0 Å². The Hall–Kier alpha value is -1.52. The van der Waals surface area contributed by atoms with Crippen LogP contribution in [0.5, 0.6) is 5.88 Å². The number of hydrogen-bond donors (Lipinski definition) is 1. The van der Waals surface area contributed by atoms with E-state index in [2.05, 4.69) is 5.10 Å². The van der Waals surface area contributed by atoms with Crippen molar-refractivity contribution in [3.8, 4) is 5.88 Å². The highest BCUT2D eigenvalue weighted by atomic mass is 16.5. The Kier molecular flexibility index (Phi) is 2.55. The molecule has 0 radical (unpaired) electrons. The van der Waals surface area contributed by atoms with Gasteiger partial charge in [0.25, 0.3) is 0 Å². The van der Waals surface area contributed by atoms with Crippen LogP contribution in [-0.2, 0) is 11.8 Å². The molecule has 0 unspecified atom stereocenters. The van der Waals surface area contributed by atoms with E-state index in [1.807, 2.05) is 13.8 Å². The molecule has 72 valence electrons. The third-order valence-electron chi connectivity index (χ3n) is 1.79. The van der Waals surface area contributed by atoms with E-state index in [1.54, 1.807) is 7.05 Å². The highest BCUT2D eigenvalue weighted by Crippen LogP contribution is 2.19. The molecule has 1 rings (SSSR count). The van der Waals surface area contributed by atoms with E-state index in [-0.39, 0.29) is 6.61 Å². The smallest absolute Gasteiger partial charge is 0.341 e. The van der Waals surface area contributed by atoms with E-state index in [0.29, 0.717) is 5.88 Å². The van der Waals surface area contributed by atoms with Gasteiger partial charge in [-0.25, -0.2) is 9.48 Å². The molecule has 0 saturated carbocycles. The van der Waals surface area contributed by atoms with Gasteiger partial charge >= 0.3 is 5.97 Å². The van der Waals surface area contributed by atoms with Crippen LogP contribution in [0.25, 0.3) is 0 Å². The summed E-state index contributed by atoms with van der Waals surface area (Å²) in [5.41, 5.74) is 1.73. The zero-order valence-corrected chi connectivity index (χ0v) is 7.87. The molecule has 0 saturated heterocycles. The molecular weight excluding hydrogens is 172 g/mol. The van der Waals surface area contributed by atoms with Gasteiger partial charge in [-0.15, -0.1) is 0 Å². The molecule has 0 fully saturated rings. The lowest BCUT2D eigenvalue weighted by Gasteiger charge is -2.03. The van der Waals surface area contributed by atoms with E-state index in [9.17, 15) is 4.79 Å². The Bertz CT molecular complexity index is 330. The van der Waals surface area contributed by atoms with Crippen LogP contribution in [0.3, 0.4) is 0 Å². The molecule has 0 spiro atoms. The van der Waals surface area contributed by atoms with Crippen LogP contribution in [0, 0.1) is 13.8 Å². The monoisotopic (exact) mass is 184 g/mol. The standard InChI is InChI=1S/C8H12N2O3/c1-5-6(2)9-10(3)8(5)13-4-7(11)12/h4H2,1-3H3,(H,11,12). The third kappa shape index (κ3) is 1.99. The number of aryl methyl sites for hydroxylation is 2. The zero-order valence-electron chi connectivity index (χ0n) is 7.87. The first-order valence-electron chi connectivity index (χ1n) is 3.87. The number of rotatable bonds is 3. The van der Waals surface area contributed by atoms with Crippen molar-refractivity contribution in [2.45, 2.75) is 13.8 Å². The molecule has 5 heteroatoms. The minimum absolute atomic E-state index is 0.334. The van der Waals surface area contributed by atoms with Gasteiger partial charge in [0.1, 0.15) is 0 Å². The summed E-state index contributed by atoms with van der Waals surface area (Å²) >= 11 is 0. The molecule has 0 amide bonds. The summed E-state index contributed by atoms with van der Waals surface area (Å²) in [6, 6.07) is 0. The summed E-state index contributed by atoms with van der Waals surface area (Å²) in [5.74, 6) is -0.474. The molecule has 5 nitrogen and oxygen atoms in total. The predicted molar refractivity (Wildman–Crippen MR) is 45.8 cm³/mol. The van der Waals surface area contributed by atoms with Gasteiger partial charge in [-0.2, -0.15) is 5.10 Å². The van der Waals surface area contributed by atoms with Gasteiger partial charge in [-0.3, -0.25) is 0 Å². The number of aliphatic carboxylic acids is 1. The lowest BCUT2D eigenvalue weighted by molar-refractivity contribution is -0.139. The van der Waals surface area contributed by atoms with Crippen LogP contribution >= 0.6 is 0 Å². The summed E-state index contributed by atoms with van der Waals surface area (Å²) < 4.78 is 6.59. The molecule has 13 heavy (non-hydrogen) atoms. The molecule has 0 aliphatic carbocycles. The van der Waals surface area contributed by atoms with Gasteiger partial charge in [0.15, 0.2) is 6.61 Å². The van der Waals surface area contributed by atoms with E-state index in [0.717, 1.165) is 11.3 Å². The average molecular weight is 184 g/mol. The molecule has 0 aliphatic heterocycles. The molecule has 0 aliphatic rings. The van der Waals surface area contributed by atoms with Gasteiger partial charge in [0, 0.05) is 12.6 Å². The van der Waals surface area contributed by atoms with Crippen LogP contribution in [0.1, 0.15) is 11.3 Å². The topological polar surface area (TPSA) is 64.4 Å². The maximum Gasteiger partial charge on any atom is 0.341 e. The second-order valence-corrected chi connectivity index (χ2v) is 2.82. The minimum Gasteiger partial charge on any atom is -0.479 e. The molecule has 0 bridgehead atoms. The summed E-state index contributed by atoms with van der Waals surface area (Å²) in [6.07, 6.45) is 0. The van der Waals surface area contributed by atoms with Crippen LogP contribution in [0.4, 0.5) is 0 Å². The van der Waals surface area contributed by atoms with E-state index >= 15 is 0 Å². The van der Waals surface area contributed by atoms with Crippen molar-refractivity contribution in [1.29, 1.82) is 0 Å². The molecule has 0 aromatic carbocycles. The quantitative estimate of drug-likeness (QED) is 0.743. The summed E-state index contributed by atoms with van der Waals surface area (Å²) in [4.78, 5) is 10.2. The first-order valence-corrected chi connectivity index (χ1v) is 3.87. The Labute approximate surface area is 75.9 Å². The summed E-state index contributed by atoms with van der Waals surface area (Å²) in [6.45, 7) is 3.36. The van der Waals surface area contributed by atoms with E-state index < -0.39 is 5.97 Å². The van der Waals surface area contributed by atoms with Gasteiger partial charge in [-0.05, 0) is 13.8 Å². The van der Waals surface area contributed by atoms with Crippen LogP contribution in [0.15, 0.2) is 0 Å². The fourth-order valence-electron chi connectivity index (χ4n) is 1.07. The number of ether oxygens (including phenoxy) is 1. The first kappa shape index (κ1) is 9.57. The van der Waals surface area contributed by atoms with Crippen molar-refractivity contribution in [2.75, 3.05) is 6.61 Å². The van der Waals surface area contributed by atoms with Crippen molar-refractivity contribution in [3.05, 3.63) is 11.3 Å². The first-order chi connectivity index (χ1) is 6.02. The van der Waals surface area contributed by atoms with Crippen molar-refractivity contribution in [2.24, 2.45) is 7.05 Å². The predicted octanol–water partition coefficient (Wildman–Crippen LogP) is 0.500. The number of hydrogen-bond acceptors (Lipinski definition) is 3. The number of carboxylic acids is 1. The second-order valence-electron chi connectivity index (χ2n) is 2.82. The lowest BCUT2D eigenvalue weighted by Crippen LogP contribution is -2.12. The maximum absolute atomic E-state index is 10.2. The third-order valence-corrected chi connectivity index (χ3v) is 1.79. The largest absolute Gasteiger partial charge is 0.479 e. The normalized spacial score (nSPS) is 10.1. The Morgan fingerprint density at radius 2 is 2.23 bits per heavy atom. The fourth-order valence-corrected chi connectivity index (χ4v) is 1.07. The number of nitrogens with zero attached hydrogens (tertiary/aromatic N) is 2. The second kappa shape index (κ2) is 3.47. The molecule has 0 atom stereocenters. The fraction of sp³-hybridized carbons (Fsp3) is 0.500. The van der Waals surface area contributed by atoms with Crippen molar-refractivity contribution >= 4 is 5.97 Å². The van der Waals surface area contributed by atoms with Crippen LogP contribution < -0.4 is 4.74 Å². The molecule has 1 aromatic rings. The Morgan fingerprint density at radius 1 is 1.62 bits per heavy atom. The van der Waals surface area contributed by atoms with Gasteiger partial charge < -0.3 is 9.84 Å². The Balaban J connectivity index is 2.81. The number of carboxylic acid groups (broad SMARTS) is 1. The summed E-state index contributed by atoms with van der Waals surface area (Å²) in [7, 11) is 1.72. The molecule has 1 heterocycles. The zero-order chi connectivity index (χ0) is 10.0. The van der Waals surface area contributed by atoms with Gasteiger partial charge in [0.2, 0.25) is 5.88 Å². The van der Waals surface area contributed by atoms with Crippen LogP contribution in [-0.4, -0.2) is 27.5 Å². The highest BCUT2D eigenvalue weighted by Gasteiger charge is 2.10. The highest BCUT2D eigenvalue weighted by molar-refractivity contribution is 5.68. The minimum atomic E-state index is -0.988. The van der Waals surface area contributed by atoms with Crippen molar-refractivity contribution in [1.82, 2.24) is 9.78 Å². The average Bonchev–Trinajstić information content (AvgIpc) is 2.24. The Morgan fingerprint density at radius 3 is 2.62 bits per heavy atom.